The molecule has 0 aliphatic carbocycles. The van der Waals surface area contributed by atoms with Gasteiger partial charge in [-0.3, -0.25) is 4.90 Å². The summed E-state index contributed by atoms with van der Waals surface area (Å²) < 4.78 is 19.1. The summed E-state index contributed by atoms with van der Waals surface area (Å²) in [6, 6.07) is 7.73. The molecule has 1 aliphatic heterocycles. The fourth-order valence-corrected chi connectivity index (χ4v) is 4.47. The second kappa shape index (κ2) is 7.29. The Kier molecular flexibility index (Phi) is 4.87. The van der Waals surface area contributed by atoms with E-state index < -0.39 is 0 Å². The van der Waals surface area contributed by atoms with E-state index in [1.165, 1.54) is 16.5 Å². The third kappa shape index (κ3) is 3.44. The lowest BCUT2D eigenvalue weighted by molar-refractivity contribution is 0.196. The molecule has 0 saturated carbocycles. The molecule has 1 aliphatic rings. The van der Waals surface area contributed by atoms with Crippen LogP contribution in [0, 0.1) is 12.7 Å². The van der Waals surface area contributed by atoms with Crippen molar-refractivity contribution in [2.24, 2.45) is 0 Å². The number of rotatable bonds is 5. The van der Waals surface area contributed by atoms with Crippen LogP contribution in [0.2, 0.25) is 0 Å². The Morgan fingerprint density at radius 3 is 3.08 bits per heavy atom. The van der Waals surface area contributed by atoms with E-state index in [-0.39, 0.29) is 5.82 Å². The third-order valence-corrected chi connectivity index (χ3v) is 6.13. The summed E-state index contributed by atoms with van der Waals surface area (Å²) in [4.78, 5) is 8.46. The van der Waals surface area contributed by atoms with Gasteiger partial charge in [0.1, 0.15) is 5.82 Å². The van der Waals surface area contributed by atoms with Crippen molar-refractivity contribution in [1.82, 2.24) is 15.0 Å². The summed E-state index contributed by atoms with van der Waals surface area (Å²) in [5.41, 5.74) is 2.74. The zero-order chi connectivity index (χ0) is 18.1. The van der Waals surface area contributed by atoms with Crippen LogP contribution in [0.25, 0.3) is 11.4 Å². The van der Waals surface area contributed by atoms with Crippen LogP contribution in [-0.2, 0) is 12.8 Å². The molecule has 0 fully saturated rings. The van der Waals surface area contributed by atoms with Crippen molar-refractivity contribution in [3.05, 3.63) is 57.4 Å². The van der Waals surface area contributed by atoms with E-state index >= 15 is 0 Å². The molecule has 3 heterocycles. The van der Waals surface area contributed by atoms with Gasteiger partial charge in [-0.2, -0.15) is 4.98 Å². The Balaban J connectivity index is 1.35. The second-order valence-corrected chi connectivity index (χ2v) is 7.84. The number of halogens is 1. The molecule has 4 rings (SSSR count). The van der Waals surface area contributed by atoms with Crippen LogP contribution in [0.1, 0.15) is 41.3 Å². The van der Waals surface area contributed by atoms with Crippen LogP contribution in [0.5, 0.6) is 0 Å². The minimum Gasteiger partial charge on any atom is -0.339 e. The predicted octanol–water partition coefficient (Wildman–Crippen LogP) is 4.80. The van der Waals surface area contributed by atoms with Gasteiger partial charge in [-0.15, -0.1) is 11.3 Å². The summed E-state index contributed by atoms with van der Waals surface area (Å²) in [6.45, 7) is 6.13. The molecule has 1 unspecified atom stereocenters. The zero-order valence-corrected chi connectivity index (χ0v) is 15.9. The van der Waals surface area contributed by atoms with E-state index in [9.17, 15) is 4.39 Å². The van der Waals surface area contributed by atoms with Crippen LogP contribution >= 0.6 is 11.3 Å². The van der Waals surface area contributed by atoms with E-state index in [1.54, 1.807) is 13.0 Å². The summed E-state index contributed by atoms with van der Waals surface area (Å²) in [5, 5.41) is 6.19. The molecule has 0 bridgehead atoms. The Morgan fingerprint density at radius 2 is 2.23 bits per heavy atom. The van der Waals surface area contributed by atoms with Crippen molar-refractivity contribution in [2.45, 2.75) is 39.2 Å². The van der Waals surface area contributed by atoms with Crippen LogP contribution in [0.3, 0.4) is 0 Å². The van der Waals surface area contributed by atoms with Gasteiger partial charge < -0.3 is 4.52 Å². The zero-order valence-electron chi connectivity index (χ0n) is 15.0. The quantitative estimate of drug-likeness (QED) is 0.646. The highest BCUT2D eigenvalue weighted by Crippen LogP contribution is 2.32. The van der Waals surface area contributed by atoms with Crippen molar-refractivity contribution < 1.29 is 8.91 Å². The van der Waals surface area contributed by atoms with Crippen molar-refractivity contribution >= 4 is 11.3 Å². The van der Waals surface area contributed by atoms with Gasteiger partial charge in [-0.05, 0) is 61.9 Å². The molecule has 2 aromatic heterocycles. The molecule has 3 aromatic rings. The minimum atomic E-state index is -0.249. The Morgan fingerprint density at radius 1 is 1.35 bits per heavy atom. The van der Waals surface area contributed by atoms with Crippen LogP contribution in [0.15, 0.2) is 34.2 Å². The average molecular weight is 371 g/mol. The predicted molar refractivity (Wildman–Crippen MR) is 101 cm³/mol. The smallest absolute Gasteiger partial charge is 0.227 e. The molecular formula is C20H22FN3OS. The SMILES string of the molecule is Cc1ccc(-c2noc(CCCN3CCc4sccc4C3C)n2)cc1F. The van der Waals surface area contributed by atoms with Crippen LogP contribution in [0.4, 0.5) is 4.39 Å². The number of benzene rings is 1. The maximum absolute atomic E-state index is 13.7. The lowest BCUT2D eigenvalue weighted by atomic mass is 10.0. The lowest BCUT2D eigenvalue weighted by Gasteiger charge is -2.33. The molecule has 0 N–H and O–H groups in total. The number of aromatic nitrogens is 2. The molecule has 26 heavy (non-hydrogen) atoms. The lowest BCUT2D eigenvalue weighted by Crippen LogP contribution is -2.34. The summed E-state index contributed by atoms with van der Waals surface area (Å²) in [5.74, 6) is 0.816. The topological polar surface area (TPSA) is 42.2 Å². The van der Waals surface area contributed by atoms with Gasteiger partial charge in [0, 0.05) is 29.4 Å². The molecule has 1 atom stereocenters. The van der Waals surface area contributed by atoms with Gasteiger partial charge in [0.2, 0.25) is 11.7 Å². The maximum Gasteiger partial charge on any atom is 0.227 e. The largest absolute Gasteiger partial charge is 0.339 e. The van der Waals surface area contributed by atoms with E-state index in [2.05, 4.69) is 33.4 Å². The summed E-state index contributed by atoms with van der Waals surface area (Å²) >= 11 is 1.87. The average Bonchev–Trinajstić information content (AvgIpc) is 3.29. The molecule has 0 radical (unpaired) electrons. The Labute approximate surface area is 156 Å². The molecule has 0 spiro atoms. The maximum atomic E-state index is 13.7. The van der Waals surface area contributed by atoms with Gasteiger partial charge in [-0.25, -0.2) is 4.39 Å². The van der Waals surface area contributed by atoms with Crippen molar-refractivity contribution in [2.75, 3.05) is 13.1 Å². The highest BCUT2D eigenvalue weighted by molar-refractivity contribution is 7.10. The standard InChI is InChI=1S/C20H22FN3OS/c1-13-5-6-15(12-17(13)21)20-22-19(25-23-20)4-3-9-24-10-7-18-16(14(24)2)8-11-26-18/h5-6,8,11-12,14H,3-4,7,9-10H2,1-2H3. The van der Waals surface area contributed by atoms with Gasteiger partial charge >= 0.3 is 0 Å². The first kappa shape index (κ1) is 17.4. The van der Waals surface area contributed by atoms with Crippen molar-refractivity contribution in [3.8, 4) is 11.4 Å². The van der Waals surface area contributed by atoms with E-state index in [0.29, 0.717) is 28.9 Å². The normalized spacial score (nSPS) is 17.4. The Bertz CT molecular complexity index is 904. The van der Waals surface area contributed by atoms with Crippen LogP contribution in [-0.4, -0.2) is 28.1 Å². The van der Waals surface area contributed by atoms with E-state index in [4.69, 9.17) is 4.52 Å². The molecule has 4 nitrogen and oxygen atoms in total. The second-order valence-electron chi connectivity index (χ2n) is 6.84. The van der Waals surface area contributed by atoms with Crippen LogP contribution < -0.4 is 0 Å². The first-order valence-corrected chi connectivity index (χ1v) is 9.89. The van der Waals surface area contributed by atoms with Crippen molar-refractivity contribution in [1.29, 1.82) is 0 Å². The minimum absolute atomic E-state index is 0.249. The van der Waals surface area contributed by atoms with E-state index in [0.717, 1.165) is 32.4 Å². The van der Waals surface area contributed by atoms with Gasteiger partial charge in [0.05, 0.1) is 0 Å². The Hall–Kier alpha value is -2.05. The molecule has 0 saturated heterocycles. The molecule has 136 valence electrons. The fraction of sp³-hybridized carbons (Fsp3) is 0.400. The van der Waals surface area contributed by atoms with Gasteiger partial charge in [0.15, 0.2) is 0 Å². The first-order chi connectivity index (χ1) is 12.6. The molecular weight excluding hydrogens is 349 g/mol. The third-order valence-electron chi connectivity index (χ3n) is 5.14. The fourth-order valence-electron chi connectivity index (χ4n) is 3.51. The number of thiophene rings is 1. The van der Waals surface area contributed by atoms with Crippen molar-refractivity contribution in [3.63, 3.8) is 0 Å². The summed E-state index contributed by atoms with van der Waals surface area (Å²) in [6.07, 6.45) is 2.84. The monoisotopic (exact) mass is 371 g/mol. The molecule has 1 aromatic carbocycles. The highest BCUT2D eigenvalue weighted by atomic mass is 32.1. The number of aryl methyl sites for hydroxylation is 2. The molecule has 6 heteroatoms. The number of hydrogen-bond acceptors (Lipinski definition) is 5. The number of hydrogen-bond donors (Lipinski definition) is 0. The van der Waals surface area contributed by atoms with Gasteiger partial charge in [-0.1, -0.05) is 17.3 Å². The summed E-state index contributed by atoms with van der Waals surface area (Å²) in [7, 11) is 0. The first-order valence-electron chi connectivity index (χ1n) is 9.01. The number of nitrogens with zero attached hydrogens (tertiary/aromatic N) is 3. The highest BCUT2D eigenvalue weighted by Gasteiger charge is 2.24. The number of fused-ring (bicyclic) bond motifs is 1. The van der Waals surface area contributed by atoms with E-state index in [1.807, 2.05) is 17.4 Å². The van der Waals surface area contributed by atoms with Gasteiger partial charge in [0.25, 0.3) is 0 Å². The molecule has 0 amide bonds.